The van der Waals surface area contributed by atoms with E-state index in [9.17, 15) is 78.3 Å². The molecular weight excluding hydrogens is 1090 g/mol. The van der Waals surface area contributed by atoms with Crippen LogP contribution in [0.15, 0.2) is 59.6 Å². The number of aliphatic carboxylic acids is 3. The van der Waals surface area contributed by atoms with Gasteiger partial charge in [0, 0.05) is 25.8 Å². The molecule has 8 amide bonds. The van der Waals surface area contributed by atoms with Crippen LogP contribution in [0, 0.1) is 0 Å². The summed E-state index contributed by atoms with van der Waals surface area (Å²) < 4.78 is 0. The lowest BCUT2D eigenvalue weighted by atomic mass is 10.0. The lowest BCUT2D eigenvalue weighted by molar-refractivity contribution is -0.143. The number of aliphatic hydroxyl groups is 1. The third-order valence-electron chi connectivity index (χ3n) is 11.8. The Morgan fingerprint density at radius 2 is 1.00 bits per heavy atom. The van der Waals surface area contributed by atoms with Gasteiger partial charge in [0.15, 0.2) is 5.96 Å². The Balaban J connectivity index is 2.36. The number of aliphatic hydroxyl groups excluding tert-OH is 1. The minimum atomic E-state index is -1.85. The number of aliphatic imine (C=N–C) groups is 1. The van der Waals surface area contributed by atoms with Gasteiger partial charge in [-0.2, -0.15) is 23.5 Å². The van der Waals surface area contributed by atoms with E-state index in [1.165, 1.54) is 61.6 Å². The van der Waals surface area contributed by atoms with Gasteiger partial charge >= 0.3 is 17.9 Å². The summed E-state index contributed by atoms with van der Waals surface area (Å²) in [5.74, 6) is -12.1. The van der Waals surface area contributed by atoms with Crippen molar-refractivity contribution in [1.82, 2.24) is 42.5 Å². The highest BCUT2D eigenvalue weighted by molar-refractivity contribution is 7.98. The number of carbonyl (C=O) groups is 11. The first-order valence-electron chi connectivity index (χ1n) is 25.1. The average Bonchev–Trinajstić information content (AvgIpc) is 3.39. The van der Waals surface area contributed by atoms with E-state index in [0.29, 0.717) is 23.3 Å². The summed E-state index contributed by atoms with van der Waals surface area (Å²) in [4.78, 5) is 149. The molecule has 30 heteroatoms. The van der Waals surface area contributed by atoms with E-state index in [1.807, 2.05) is 0 Å². The molecule has 0 saturated heterocycles. The van der Waals surface area contributed by atoms with Gasteiger partial charge < -0.3 is 85.3 Å². The maximum absolute atomic E-state index is 14.3. The van der Waals surface area contributed by atoms with E-state index in [4.69, 9.17) is 17.2 Å². The van der Waals surface area contributed by atoms with Crippen LogP contribution in [0.25, 0.3) is 0 Å². The quantitative estimate of drug-likeness (QED) is 0.0180. The number of thioether (sulfide) groups is 2. The second-order valence-corrected chi connectivity index (χ2v) is 20.3. The third-order valence-corrected chi connectivity index (χ3v) is 13.1. The molecule has 0 aliphatic carbocycles. The van der Waals surface area contributed by atoms with E-state index in [1.54, 1.807) is 42.8 Å². The van der Waals surface area contributed by atoms with Crippen LogP contribution in [-0.4, -0.2) is 188 Å². The molecule has 0 saturated carbocycles. The number of nitrogens with two attached hydrogens (primary N) is 3. The molecule has 442 valence electrons. The summed E-state index contributed by atoms with van der Waals surface area (Å²) in [7, 11) is 0. The number of hydrogen-bond acceptors (Lipinski definition) is 17. The maximum Gasteiger partial charge on any atom is 0.326 e. The minimum Gasteiger partial charge on any atom is -0.508 e. The van der Waals surface area contributed by atoms with Crippen molar-refractivity contribution >= 4 is 94.6 Å². The Morgan fingerprint density at radius 1 is 0.537 bits per heavy atom. The van der Waals surface area contributed by atoms with Crippen molar-refractivity contribution in [3.05, 3.63) is 65.7 Å². The molecule has 2 aromatic carbocycles. The number of rotatable bonds is 37. The molecule has 19 N–H and O–H groups in total. The number of phenols is 1. The summed E-state index contributed by atoms with van der Waals surface area (Å²) in [6.07, 6.45) is -0.458. The number of carboxylic acids is 3. The monoisotopic (exact) mass is 1160 g/mol. The molecule has 0 bridgehead atoms. The molecule has 80 heavy (non-hydrogen) atoms. The van der Waals surface area contributed by atoms with Crippen LogP contribution < -0.4 is 59.7 Å². The van der Waals surface area contributed by atoms with E-state index in [0.717, 1.165) is 0 Å². The van der Waals surface area contributed by atoms with Gasteiger partial charge in [-0.25, -0.2) is 4.79 Å². The zero-order valence-electron chi connectivity index (χ0n) is 44.7. The second kappa shape index (κ2) is 35.7. The highest BCUT2D eigenvalue weighted by Crippen LogP contribution is 2.14. The fourth-order valence-electron chi connectivity index (χ4n) is 7.40. The normalized spacial score (nSPS) is 14.7. The standard InChI is InChI=1S/C50H74N12O16S2/c1-26(55-43(71)33(18-21-79-3)58-48(76)40(27(2)63)62-42(70)31(51)11-8-20-54-50(52)53)41(69)56-32(16-17-38(65)66)44(72)59-35(23-28-9-6-5-7-10-28)46(74)57-34(19-22-80-4)45(73)60-36(25-39(67)68)47(75)61-37(49(77)78)24-29-12-14-30(64)15-13-29/h5-7,9-10,12-15,26-27,31-37,40,63-64H,8,11,16-25,51H2,1-4H3,(H,55,71)(H,56,69)(H,57,74)(H,58,76)(H,59,72)(H,60,73)(H,61,75)(H,62,70)(H,65,66)(H,67,68)(H,77,78)(H4,52,53,54)/t26-,27+,31-,32-,33-,34-,35-,36-,37-,40-/m0/s1. The molecule has 0 spiro atoms. The first-order chi connectivity index (χ1) is 37.8. The molecular formula is C50H74N12O16S2. The van der Waals surface area contributed by atoms with Crippen molar-refractivity contribution < 1.29 is 78.3 Å². The number of amides is 8. The van der Waals surface area contributed by atoms with Crippen LogP contribution >= 0.6 is 23.5 Å². The minimum absolute atomic E-state index is 0.000642. The summed E-state index contributed by atoms with van der Waals surface area (Å²) in [5.41, 5.74) is 17.5. The summed E-state index contributed by atoms with van der Waals surface area (Å²) >= 11 is 2.57. The Morgan fingerprint density at radius 3 is 1.52 bits per heavy atom. The second-order valence-electron chi connectivity index (χ2n) is 18.4. The van der Waals surface area contributed by atoms with Crippen molar-refractivity contribution in [2.75, 3.05) is 30.6 Å². The number of carbonyl (C=O) groups excluding carboxylic acids is 8. The van der Waals surface area contributed by atoms with E-state index in [-0.39, 0.29) is 56.1 Å². The predicted octanol–water partition coefficient (Wildman–Crippen LogP) is -3.23. The highest BCUT2D eigenvalue weighted by atomic mass is 32.2. The molecule has 28 nitrogen and oxygen atoms in total. The van der Waals surface area contributed by atoms with Crippen LogP contribution in [0.5, 0.6) is 5.75 Å². The van der Waals surface area contributed by atoms with Crippen molar-refractivity contribution in [1.29, 1.82) is 0 Å². The zero-order valence-corrected chi connectivity index (χ0v) is 46.3. The third kappa shape index (κ3) is 25.8. The van der Waals surface area contributed by atoms with Gasteiger partial charge in [0.1, 0.15) is 54.1 Å². The first-order valence-corrected chi connectivity index (χ1v) is 27.9. The van der Waals surface area contributed by atoms with Gasteiger partial charge in [-0.05, 0) is 93.2 Å². The van der Waals surface area contributed by atoms with Crippen LogP contribution in [0.3, 0.4) is 0 Å². The van der Waals surface area contributed by atoms with Crippen LogP contribution in [0.2, 0.25) is 0 Å². The number of aromatic hydroxyl groups is 1. The maximum atomic E-state index is 14.3. The predicted molar refractivity (Wildman–Crippen MR) is 295 cm³/mol. The van der Waals surface area contributed by atoms with Gasteiger partial charge in [-0.1, -0.05) is 42.5 Å². The topological polar surface area (TPSA) is 476 Å². The Bertz CT molecular complexity index is 2450. The summed E-state index contributed by atoms with van der Waals surface area (Å²) in [6, 6.07) is -0.0519. The number of phenolic OH excluding ortho intramolecular Hbond substituents is 1. The molecule has 0 fully saturated rings. The van der Waals surface area contributed by atoms with Gasteiger partial charge in [-0.3, -0.25) is 52.9 Å². The average molecular weight is 1160 g/mol. The van der Waals surface area contributed by atoms with Crippen molar-refractivity contribution in [3.8, 4) is 5.75 Å². The lowest BCUT2D eigenvalue weighted by Crippen LogP contribution is -2.61. The molecule has 0 unspecified atom stereocenters. The molecule has 2 rings (SSSR count). The van der Waals surface area contributed by atoms with Crippen LogP contribution in [0.4, 0.5) is 0 Å². The Kier molecular flexibility index (Phi) is 30.6. The highest BCUT2D eigenvalue weighted by Gasteiger charge is 2.36. The van der Waals surface area contributed by atoms with Crippen molar-refractivity contribution in [2.24, 2.45) is 22.2 Å². The van der Waals surface area contributed by atoms with E-state index in [2.05, 4.69) is 47.5 Å². The van der Waals surface area contributed by atoms with Gasteiger partial charge in [-0.15, -0.1) is 0 Å². The van der Waals surface area contributed by atoms with Gasteiger partial charge in [0.2, 0.25) is 47.3 Å². The van der Waals surface area contributed by atoms with E-state index >= 15 is 0 Å². The van der Waals surface area contributed by atoms with E-state index < -0.39 is 145 Å². The van der Waals surface area contributed by atoms with Crippen molar-refractivity contribution in [3.63, 3.8) is 0 Å². The molecule has 10 atom stereocenters. The molecule has 0 heterocycles. The van der Waals surface area contributed by atoms with Crippen LogP contribution in [0.1, 0.15) is 69.9 Å². The fraction of sp³-hybridized carbons (Fsp3) is 0.520. The Hall–Kier alpha value is -7.70. The summed E-state index contributed by atoms with van der Waals surface area (Å²) in [6.45, 7) is 2.64. The molecule has 0 aliphatic heterocycles. The smallest absolute Gasteiger partial charge is 0.326 e. The van der Waals surface area contributed by atoms with Crippen molar-refractivity contribution in [2.45, 2.75) is 132 Å². The largest absolute Gasteiger partial charge is 0.508 e. The number of nitrogens with zero attached hydrogens (tertiary/aromatic N) is 1. The number of carboxylic acid groups (broad SMARTS) is 3. The number of guanidine groups is 1. The SMILES string of the molecule is CSCC[C@H](NC(=O)[C@H](Cc1ccccc1)NC(=O)[C@H](CCC(=O)O)NC(=O)[C@H](C)NC(=O)[C@H](CCSC)NC(=O)[C@@H](NC(=O)[C@@H](N)CCCN=C(N)N)[C@@H](C)O)C(=O)N[C@@H](CC(=O)O)C(=O)N[C@@H](Cc1ccc(O)cc1)C(=O)O. The number of benzene rings is 2. The molecule has 2 aromatic rings. The lowest BCUT2D eigenvalue weighted by Gasteiger charge is -2.27. The number of nitrogens with one attached hydrogen (secondary N) is 8. The first kappa shape index (κ1) is 68.4. The molecule has 0 aromatic heterocycles. The summed E-state index contributed by atoms with van der Waals surface area (Å²) in [5, 5.41) is 68.5. The number of hydrogen-bond donors (Lipinski definition) is 16. The fourth-order valence-corrected chi connectivity index (χ4v) is 8.34. The van der Waals surface area contributed by atoms with Gasteiger partial charge in [0.25, 0.3) is 0 Å². The molecule has 0 aliphatic rings. The molecule has 0 radical (unpaired) electrons. The Labute approximate surface area is 470 Å². The van der Waals surface area contributed by atoms with Gasteiger partial charge in [0.05, 0.1) is 18.6 Å². The van der Waals surface area contributed by atoms with Crippen LogP contribution in [-0.2, 0) is 65.6 Å². The zero-order chi connectivity index (χ0) is 60.1.